The van der Waals surface area contributed by atoms with Crippen LogP contribution in [0.2, 0.25) is 0 Å². The Balaban J connectivity index is 1.64. The molecular weight excluding hydrogens is 288 g/mol. The highest BCUT2D eigenvalue weighted by atomic mass is 16.2. The van der Waals surface area contributed by atoms with E-state index in [0.29, 0.717) is 5.69 Å². The topological polar surface area (TPSA) is 57.6 Å². The summed E-state index contributed by atoms with van der Waals surface area (Å²) in [5.41, 5.74) is 6.25. The van der Waals surface area contributed by atoms with Crippen LogP contribution in [0, 0.1) is 6.92 Å². The molecule has 0 atom stereocenters. The highest BCUT2D eigenvalue weighted by Gasteiger charge is 2.12. The van der Waals surface area contributed by atoms with Crippen LogP contribution in [-0.4, -0.2) is 30.2 Å². The fourth-order valence-electron chi connectivity index (χ4n) is 2.69. The molecule has 23 heavy (non-hydrogen) atoms. The molecule has 1 fully saturated rings. The Morgan fingerprint density at radius 3 is 2.78 bits per heavy atom. The summed E-state index contributed by atoms with van der Waals surface area (Å²) >= 11 is 0. The number of rotatable bonds is 4. The van der Waals surface area contributed by atoms with Gasteiger partial charge in [-0.1, -0.05) is 12.1 Å². The Bertz CT molecular complexity index is 706. The number of aryl methyl sites for hydroxylation is 1. The van der Waals surface area contributed by atoms with Crippen LogP contribution < -0.4 is 10.3 Å². The summed E-state index contributed by atoms with van der Waals surface area (Å²) in [5, 5.41) is 4.03. The van der Waals surface area contributed by atoms with Crippen molar-refractivity contribution in [1.29, 1.82) is 0 Å². The molecule has 1 aromatic carbocycles. The summed E-state index contributed by atoms with van der Waals surface area (Å²) in [6, 6.07) is 11.5. The second-order valence-corrected chi connectivity index (χ2v) is 5.65. The van der Waals surface area contributed by atoms with Gasteiger partial charge in [0.25, 0.3) is 5.91 Å². The molecule has 0 unspecified atom stereocenters. The van der Waals surface area contributed by atoms with Gasteiger partial charge < -0.3 is 4.90 Å². The van der Waals surface area contributed by atoms with Gasteiger partial charge in [0.15, 0.2) is 0 Å². The van der Waals surface area contributed by atoms with Crippen molar-refractivity contribution in [2.24, 2.45) is 5.10 Å². The number of amides is 1. The van der Waals surface area contributed by atoms with Crippen LogP contribution in [0.3, 0.4) is 0 Å². The van der Waals surface area contributed by atoms with Crippen LogP contribution in [0.25, 0.3) is 0 Å². The normalized spacial score (nSPS) is 14.4. The minimum absolute atomic E-state index is 0.312. The van der Waals surface area contributed by atoms with Gasteiger partial charge in [0.2, 0.25) is 0 Å². The lowest BCUT2D eigenvalue weighted by Crippen LogP contribution is -2.19. The zero-order valence-corrected chi connectivity index (χ0v) is 13.2. The molecule has 1 aliphatic heterocycles. The molecule has 1 aliphatic rings. The molecule has 2 aromatic rings. The third kappa shape index (κ3) is 3.74. The second-order valence-electron chi connectivity index (χ2n) is 5.65. The molecule has 1 saturated heterocycles. The monoisotopic (exact) mass is 308 g/mol. The van der Waals surface area contributed by atoms with Gasteiger partial charge in [0, 0.05) is 25.0 Å². The second kappa shape index (κ2) is 7.05. The average molecular weight is 308 g/mol. The fourth-order valence-corrected chi connectivity index (χ4v) is 2.69. The van der Waals surface area contributed by atoms with Crippen molar-refractivity contribution in [1.82, 2.24) is 10.4 Å². The fraction of sp³-hybridized carbons (Fsp3) is 0.278. The summed E-state index contributed by atoms with van der Waals surface area (Å²) in [6.45, 7) is 4.32. The minimum Gasteiger partial charge on any atom is -0.372 e. The average Bonchev–Trinajstić information content (AvgIpc) is 3.11. The maximum absolute atomic E-state index is 11.9. The van der Waals surface area contributed by atoms with Crippen LogP contribution in [0.4, 0.5) is 5.69 Å². The molecule has 1 N–H and O–H groups in total. The first-order chi connectivity index (χ1) is 11.2. The summed E-state index contributed by atoms with van der Waals surface area (Å²) in [5.74, 6) is -0.312. The third-order valence-corrected chi connectivity index (χ3v) is 3.99. The van der Waals surface area contributed by atoms with E-state index < -0.39 is 0 Å². The van der Waals surface area contributed by atoms with Crippen molar-refractivity contribution in [3.63, 3.8) is 0 Å². The quantitative estimate of drug-likeness (QED) is 0.698. The molecular formula is C18H20N4O. The summed E-state index contributed by atoms with van der Waals surface area (Å²) in [7, 11) is 0. The van der Waals surface area contributed by atoms with E-state index in [2.05, 4.69) is 39.5 Å². The Kier molecular flexibility index (Phi) is 4.66. The van der Waals surface area contributed by atoms with Crippen molar-refractivity contribution in [2.75, 3.05) is 18.0 Å². The maximum Gasteiger partial charge on any atom is 0.289 e. The zero-order valence-electron chi connectivity index (χ0n) is 13.2. The predicted molar refractivity (Wildman–Crippen MR) is 91.9 cm³/mol. The highest BCUT2D eigenvalue weighted by Crippen LogP contribution is 2.22. The smallest absolute Gasteiger partial charge is 0.289 e. The van der Waals surface area contributed by atoms with Gasteiger partial charge in [-0.2, -0.15) is 5.10 Å². The first kappa shape index (κ1) is 15.2. The van der Waals surface area contributed by atoms with E-state index in [1.165, 1.54) is 18.5 Å². The third-order valence-electron chi connectivity index (χ3n) is 3.99. The lowest BCUT2D eigenvalue weighted by Gasteiger charge is -2.18. The molecule has 1 aromatic heterocycles. The Hall–Kier alpha value is -2.69. The van der Waals surface area contributed by atoms with Gasteiger partial charge in [-0.25, -0.2) is 5.43 Å². The lowest BCUT2D eigenvalue weighted by atomic mass is 10.1. The summed E-state index contributed by atoms with van der Waals surface area (Å²) < 4.78 is 0. The summed E-state index contributed by atoms with van der Waals surface area (Å²) in [6.07, 6.45) is 5.79. The van der Waals surface area contributed by atoms with Crippen molar-refractivity contribution in [2.45, 2.75) is 19.8 Å². The van der Waals surface area contributed by atoms with Crippen LogP contribution in [0.15, 0.2) is 47.7 Å². The SMILES string of the molecule is Cc1cc(N2CCCC2)ccc1/C=N/NC(=O)c1ccccn1. The van der Waals surface area contributed by atoms with Crippen LogP contribution in [0.1, 0.15) is 34.5 Å². The molecule has 0 spiro atoms. The van der Waals surface area contributed by atoms with Gasteiger partial charge >= 0.3 is 0 Å². The van der Waals surface area contributed by atoms with E-state index in [9.17, 15) is 4.79 Å². The molecule has 1 amide bonds. The molecule has 2 heterocycles. The van der Waals surface area contributed by atoms with Gasteiger partial charge in [-0.15, -0.1) is 0 Å². The van der Waals surface area contributed by atoms with Gasteiger partial charge in [0.05, 0.1) is 6.21 Å². The van der Waals surface area contributed by atoms with E-state index >= 15 is 0 Å². The van der Waals surface area contributed by atoms with E-state index in [0.717, 1.165) is 24.2 Å². The Morgan fingerprint density at radius 1 is 1.26 bits per heavy atom. The molecule has 118 valence electrons. The van der Waals surface area contributed by atoms with E-state index in [-0.39, 0.29) is 5.91 Å². The molecule has 5 nitrogen and oxygen atoms in total. The van der Waals surface area contributed by atoms with Gasteiger partial charge in [-0.3, -0.25) is 9.78 Å². The highest BCUT2D eigenvalue weighted by molar-refractivity contribution is 5.93. The van der Waals surface area contributed by atoms with Crippen molar-refractivity contribution >= 4 is 17.8 Å². The van der Waals surface area contributed by atoms with Crippen molar-refractivity contribution in [3.05, 3.63) is 59.4 Å². The molecule has 0 saturated carbocycles. The first-order valence-electron chi connectivity index (χ1n) is 7.84. The van der Waals surface area contributed by atoms with Crippen LogP contribution in [0.5, 0.6) is 0 Å². The molecule has 0 aliphatic carbocycles. The number of carbonyl (C=O) groups excluding carboxylic acids is 1. The Morgan fingerprint density at radius 2 is 2.09 bits per heavy atom. The molecule has 3 rings (SSSR count). The number of hydrazone groups is 1. The standard InChI is InChI=1S/C18H20N4O/c1-14-12-16(22-10-4-5-11-22)8-7-15(14)13-20-21-18(23)17-6-2-3-9-19-17/h2-3,6-9,12-13H,4-5,10-11H2,1H3,(H,21,23)/b20-13+. The number of nitrogens with one attached hydrogen (secondary N) is 1. The number of pyridine rings is 1. The summed E-state index contributed by atoms with van der Waals surface area (Å²) in [4.78, 5) is 18.2. The van der Waals surface area contributed by atoms with Gasteiger partial charge in [-0.05, 0) is 55.2 Å². The number of hydrogen-bond donors (Lipinski definition) is 1. The number of nitrogens with zero attached hydrogens (tertiary/aromatic N) is 3. The largest absolute Gasteiger partial charge is 0.372 e. The number of anilines is 1. The molecule has 0 radical (unpaired) electrons. The van der Waals surface area contributed by atoms with E-state index in [1.807, 2.05) is 6.07 Å². The van der Waals surface area contributed by atoms with Crippen LogP contribution >= 0.6 is 0 Å². The number of carbonyl (C=O) groups is 1. The molecule has 5 heteroatoms. The molecule has 0 bridgehead atoms. The van der Waals surface area contributed by atoms with Crippen molar-refractivity contribution in [3.8, 4) is 0 Å². The van der Waals surface area contributed by atoms with Crippen molar-refractivity contribution < 1.29 is 4.79 Å². The maximum atomic E-state index is 11.9. The predicted octanol–water partition coefficient (Wildman–Crippen LogP) is 2.75. The van der Waals surface area contributed by atoms with E-state index in [4.69, 9.17) is 0 Å². The minimum atomic E-state index is -0.312. The number of hydrogen-bond acceptors (Lipinski definition) is 4. The number of benzene rings is 1. The Labute approximate surface area is 136 Å². The lowest BCUT2D eigenvalue weighted by molar-refractivity contribution is 0.0950. The first-order valence-corrected chi connectivity index (χ1v) is 7.84. The van der Waals surface area contributed by atoms with E-state index in [1.54, 1.807) is 30.6 Å². The zero-order chi connectivity index (χ0) is 16.1. The van der Waals surface area contributed by atoms with Crippen LogP contribution in [-0.2, 0) is 0 Å². The van der Waals surface area contributed by atoms with Gasteiger partial charge in [0.1, 0.15) is 5.69 Å². The number of aromatic nitrogens is 1.